The van der Waals surface area contributed by atoms with Crippen LogP contribution in [0, 0.1) is 0 Å². The van der Waals surface area contributed by atoms with Crippen molar-refractivity contribution in [3.63, 3.8) is 0 Å². The van der Waals surface area contributed by atoms with Crippen molar-refractivity contribution in [3.8, 4) is 0 Å². The predicted molar refractivity (Wildman–Crippen MR) is 40.4 cm³/mol. The van der Waals surface area contributed by atoms with Crippen molar-refractivity contribution in [1.29, 1.82) is 0 Å². The first-order valence-corrected chi connectivity index (χ1v) is 3.94. The molecule has 0 amide bonds. The third-order valence-corrected chi connectivity index (χ3v) is 2.95. The van der Waals surface area contributed by atoms with Gasteiger partial charge in [0.2, 0.25) is 0 Å². The summed E-state index contributed by atoms with van der Waals surface area (Å²) in [6, 6.07) is 0. The average molecular weight is 141 g/mol. The maximum Gasteiger partial charge on any atom is 0.0503 e. The summed E-state index contributed by atoms with van der Waals surface area (Å²) in [5.74, 6) is 5.79. The normalized spacial score (nSPS) is 42.6. The van der Waals surface area contributed by atoms with Gasteiger partial charge in [-0.3, -0.25) is 5.84 Å². The fraction of sp³-hybridized carbons (Fsp3) is 1.00. The molecule has 0 aromatic heterocycles. The van der Waals surface area contributed by atoms with Crippen LogP contribution in [-0.4, -0.2) is 42.1 Å². The van der Waals surface area contributed by atoms with E-state index in [4.69, 9.17) is 5.84 Å². The fourth-order valence-corrected chi connectivity index (χ4v) is 2.06. The van der Waals surface area contributed by atoms with Crippen LogP contribution in [0.3, 0.4) is 0 Å². The quantitative estimate of drug-likeness (QED) is 0.468. The molecule has 2 heterocycles. The zero-order valence-corrected chi connectivity index (χ0v) is 6.51. The van der Waals surface area contributed by atoms with Crippen LogP contribution in [0.4, 0.5) is 0 Å². The average Bonchev–Trinajstić information content (AvgIpc) is 2.31. The molecule has 0 aromatic carbocycles. The molecule has 2 aliphatic heterocycles. The predicted octanol–water partition coefficient (Wildman–Crippen LogP) is -0.360. The number of rotatable bonds is 0. The van der Waals surface area contributed by atoms with Gasteiger partial charge in [-0.25, -0.2) is 5.01 Å². The first-order valence-electron chi connectivity index (χ1n) is 3.94. The summed E-state index contributed by atoms with van der Waals surface area (Å²) in [5.41, 5.74) is 0.384. The largest absolute Gasteiger partial charge is 0.304 e. The van der Waals surface area contributed by atoms with Crippen molar-refractivity contribution >= 4 is 0 Å². The molecule has 2 fully saturated rings. The van der Waals surface area contributed by atoms with Crippen LogP contribution in [0.5, 0.6) is 0 Å². The van der Waals surface area contributed by atoms with Gasteiger partial charge in [0.15, 0.2) is 0 Å². The molecule has 0 aliphatic carbocycles. The van der Waals surface area contributed by atoms with Crippen molar-refractivity contribution in [2.45, 2.75) is 18.4 Å². The molecule has 1 spiro atoms. The summed E-state index contributed by atoms with van der Waals surface area (Å²) >= 11 is 0. The molecule has 1 unspecified atom stereocenters. The van der Waals surface area contributed by atoms with E-state index in [-0.39, 0.29) is 0 Å². The van der Waals surface area contributed by atoms with Crippen LogP contribution in [-0.2, 0) is 0 Å². The Morgan fingerprint density at radius 2 is 2.00 bits per heavy atom. The second-order valence-corrected chi connectivity index (χ2v) is 3.66. The fourth-order valence-electron chi connectivity index (χ4n) is 2.06. The van der Waals surface area contributed by atoms with E-state index in [2.05, 4.69) is 11.9 Å². The molecule has 0 aromatic rings. The van der Waals surface area contributed by atoms with Crippen molar-refractivity contribution in [1.82, 2.24) is 9.91 Å². The van der Waals surface area contributed by atoms with Crippen LogP contribution in [0.1, 0.15) is 12.8 Å². The highest BCUT2D eigenvalue weighted by molar-refractivity contribution is 5.03. The monoisotopic (exact) mass is 141 g/mol. The van der Waals surface area contributed by atoms with E-state index in [1.165, 1.54) is 25.9 Å². The van der Waals surface area contributed by atoms with Gasteiger partial charge in [0, 0.05) is 13.1 Å². The summed E-state index contributed by atoms with van der Waals surface area (Å²) < 4.78 is 0. The van der Waals surface area contributed by atoms with Crippen molar-refractivity contribution in [2.24, 2.45) is 5.84 Å². The molecule has 2 rings (SSSR count). The van der Waals surface area contributed by atoms with Crippen LogP contribution >= 0.6 is 0 Å². The molecule has 2 aliphatic rings. The molecule has 0 saturated carbocycles. The number of hydrazine groups is 1. The lowest BCUT2D eigenvalue weighted by Gasteiger charge is -2.47. The second-order valence-electron chi connectivity index (χ2n) is 3.66. The lowest BCUT2D eigenvalue weighted by molar-refractivity contribution is -0.00573. The van der Waals surface area contributed by atoms with E-state index in [1.54, 1.807) is 0 Å². The van der Waals surface area contributed by atoms with Crippen LogP contribution in [0.25, 0.3) is 0 Å². The van der Waals surface area contributed by atoms with E-state index in [0.29, 0.717) is 5.54 Å². The Balaban J connectivity index is 2.04. The lowest BCUT2D eigenvalue weighted by Crippen LogP contribution is -2.64. The summed E-state index contributed by atoms with van der Waals surface area (Å²) in [6.45, 7) is 3.48. The molecule has 10 heavy (non-hydrogen) atoms. The Kier molecular flexibility index (Phi) is 1.27. The van der Waals surface area contributed by atoms with Crippen LogP contribution in [0.2, 0.25) is 0 Å². The molecule has 2 N–H and O–H groups in total. The minimum atomic E-state index is 0.384. The minimum Gasteiger partial charge on any atom is -0.304 e. The topological polar surface area (TPSA) is 32.5 Å². The third kappa shape index (κ3) is 0.713. The van der Waals surface area contributed by atoms with Gasteiger partial charge in [0.05, 0.1) is 5.54 Å². The SMILES string of the molecule is CN1CCC2(CCN2N)C1. The number of likely N-dealkylation sites (N-methyl/N-ethyl adjacent to an activating group) is 1. The van der Waals surface area contributed by atoms with Crippen molar-refractivity contribution < 1.29 is 0 Å². The second kappa shape index (κ2) is 1.94. The van der Waals surface area contributed by atoms with E-state index in [9.17, 15) is 0 Å². The van der Waals surface area contributed by atoms with Gasteiger partial charge in [-0.15, -0.1) is 0 Å². The van der Waals surface area contributed by atoms with E-state index in [0.717, 1.165) is 6.54 Å². The van der Waals surface area contributed by atoms with Gasteiger partial charge in [0.1, 0.15) is 0 Å². The molecular formula is C7H15N3. The Hall–Kier alpha value is -0.120. The Morgan fingerprint density at radius 1 is 1.30 bits per heavy atom. The van der Waals surface area contributed by atoms with Crippen LogP contribution in [0.15, 0.2) is 0 Å². The van der Waals surface area contributed by atoms with E-state index < -0.39 is 0 Å². The standard InChI is InChI=1S/C7H15N3/c1-9-4-2-7(6-9)3-5-10(7)8/h2-6,8H2,1H3. The summed E-state index contributed by atoms with van der Waals surface area (Å²) in [5, 5.41) is 2.01. The van der Waals surface area contributed by atoms with Gasteiger partial charge < -0.3 is 4.90 Å². The summed E-state index contributed by atoms with van der Waals surface area (Å²) in [7, 11) is 2.17. The van der Waals surface area contributed by atoms with Crippen molar-refractivity contribution in [2.75, 3.05) is 26.7 Å². The molecule has 3 heteroatoms. The molecule has 0 radical (unpaired) electrons. The number of likely N-dealkylation sites (tertiary alicyclic amines) is 1. The Labute approximate surface area is 61.7 Å². The zero-order chi connectivity index (χ0) is 7.19. The molecule has 2 saturated heterocycles. The van der Waals surface area contributed by atoms with E-state index in [1.807, 2.05) is 5.01 Å². The smallest absolute Gasteiger partial charge is 0.0503 e. The number of nitrogens with two attached hydrogens (primary N) is 1. The van der Waals surface area contributed by atoms with Crippen molar-refractivity contribution in [3.05, 3.63) is 0 Å². The summed E-state index contributed by atoms with van der Waals surface area (Å²) in [4.78, 5) is 2.36. The number of nitrogens with zero attached hydrogens (tertiary/aromatic N) is 2. The third-order valence-electron chi connectivity index (χ3n) is 2.95. The Bertz CT molecular complexity index is 148. The lowest BCUT2D eigenvalue weighted by atomic mass is 9.86. The highest BCUT2D eigenvalue weighted by Crippen LogP contribution is 2.35. The Morgan fingerprint density at radius 3 is 2.20 bits per heavy atom. The van der Waals surface area contributed by atoms with E-state index >= 15 is 0 Å². The number of hydrogen-bond donors (Lipinski definition) is 1. The molecule has 3 nitrogen and oxygen atoms in total. The number of hydrogen-bond acceptors (Lipinski definition) is 3. The minimum absolute atomic E-state index is 0.384. The van der Waals surface area contributed by atoms with Gasteiger partial charge in [-0.2, -0.15) is 0 Å². The summed E-state index contributed by atoms with van der Waals surface area (Å²) in [6.07, 6.45) is 2.56. The highest BCUT2D eigenvalue weighted by atomic mass is 15.5. The molecule has 58 valence electrons. The maximum absolute atomic E-state index is 5.79. The van der Waals surface area contributed by atoms with Gasteiger partial charge in [-0.1, -0.05) is 0 Å². The zero-order valence-electron chi connectivity index (χ0n) is 6.51. The molecular weight excluding hydrogens is 126 g/mol. The first kappa shape index (κ1) is 6.58. The van der Waals surface area contributed by atoms with Gasteiger partial charge in [-0.05, 0) is 26.4 Å². The highest BCUT2D eigenvalue weighted by Gasteiger charge is 2.46. The van der Waals surface area contributed by atoms with Crippen LogP contribution < -0.4 is 5.84 Å². The van der Waals surface area contributed by atoms with Gasteiger partial charge in [0.25, 0.3) is 0 Å². The molecule has 1 atom stereocenters. The first-order chi connectivity index (χ1) is 4.73. The van der Waals surface area contributed by atoms with Gasteiger partial charge >= 0.3 is 0 Å². The molecule has 0 bridgehead atoms. The maximum atomic E-state index is 5.79.